The third kappa shape index (κ3) is 11.3. The van der Waals surface area contributed by atoms with Gasteiger partial charge in [-0.05, 0) is 12.3 Å². The highest BCUT2D eigenvalue weighted by molar-refractivity contribution is 5.72. The van der Waals surface area contributed by atoms with E-state index in [4.69, 9.17) is 4.74 Å². The minimum atomic E-state index is -0.0316. The van der Waals surface area contributed by atoms with Crippen LogP contribution in [-0.4, -0.2) is 12.6 Å². The highest BCUT2D eigenvalue weighted by atomic mass is 16.5. The van der Waals surface area contributed by atoms with E-state index >= 15 is 0 Å². The van der Waals surface area contributed by atoms with Crippen LogP contribution in [0.4, 0.5) is 0 Å². The first-order valence-corrected chi connectivity index (χ1v) is 8.76. The van der Waals surface area contributed by atoms with Crippen LogP contribution in [-0.2, 0) is 9.53 Å². The van der Waals surface area contributed by atoms with Gasteiger partial charge < -0.3 is 4.74 Å². The molecule has 0 fully saturated rings. The van der Waals surface area contributed by atoms with Gasteiger partial charge in [0.15, 0.2) is 0 Å². The maximum atomic E-state index is 11.6. The summed E-state index contributed by atoms with van der Waals surface area (Å²) < 4.78 is 5.30. The van der Waals surface area contributed by atoms with Gasteiger partial charge in [0.1, 0.15) is 0 Å². The fourth-order valence-corrected chi connectivity index (χ4v) is 2.17. The van der Waals surface area contributed by atoms with Gasteiger partial charge in [-0.3, -0.25) is 4.79 Å². The number of ether oxygens (including phenoxy) is 1. The van der Waals surface area contributed by atoms with Crippen molar-refractivity contribution < 1.29 is 9.53 Å². The van der Waals surface area contributed by atoms with Crippen molar-refractivity contribution in [2.75, 3.05) is 6.61 Å². The number of esters is 1. The summed E-state index contributed by atoms with van der Waals surface area (Å²) >= 11 is 0. The quantitative estimate of drug-likeness (QED) is 0.318. The molecule has 2 nitrogen and oxygen atoms in total. The molecule has 0 spiro atoms. The monoisotopic (exact) mass is 284 g/mol. The molecule has 0 aromatic carbocycles. The molecule has 0 N–H and O–H groups in total. The predicted molar refractivity (Wildman–Crippen MR) is 86.8 cm³/mol. The lowest BCUT2D eigenvalue weighted by Gasteiger charge is -2.14. The Morgan fingerprint density at radius 2 is 1.25 bits per heavy atom. The van der Waals surface area contributed by atoms with Crippen LogP contribution in [0.5, 0.6) is 0 Å². The first-order chi connectivity index (χ1) is 9.59. The van der Waals surface area contributed by atoms with E-state index in [0.717, 1.165) is 6.42 Å². The summed E-state index contributed by atoms with van der Waals surface area (Å²) in [5, 5.41) is 0. The third-order valence-corrected chi connectivity index (χ3v) is 4.11. The number of carbonyl (C=O) groups is 1. The van der Waals surface area contributed by atoms with Crippen LogP contribution in [0.15, 0.2) is 0 Å². The minimum Gasteiger partial charge on any atom is -0.465 e. The SMILES string of the molecule is CCCCCCCCCCCCOC(=O)C(C)C(C)C. The molecule has 1 atom stereocenters. The molecular weight excluding hydrogens is 248 g/mol. The molecule has 0 amide bonds. The zero-order valence-corrected chi connectivity index (χ0v) is 14.2. The van der Waals surface area contributed by atoms with Crippen molar-refractivity contribution in [3.05, 3.63) is 0 Å². The van der Waals surface area contributed by atoms with Crippen LogP contribution in [0, 0.1) is 11.8 Å². The van der Waals surface area contributed by atoms with Crippen LogP contribution in [0.2, 0.25) is 0 Å². The second-order valence-corrected chi connectivity index (χ2v) is 6.38. The molecule has 20 heavy (non-hydrogen) atoms. The van der Waals surface area contributed by atoms with Crippen molar-refractivity contribution in [2.24, 2.45) is 11.8 Å². The largest absolute Gasteiger partial charge is 0.465 e. The molecular formula is C18H36O2. The van der Waals surface area contributed by atoms with Crippen LogP contribution < -0.4 is 0 Å². The Kier molecular flexibility index (Phi) is 13.1. The summed E-state index contributed by atoms with van der Waals surface area (Å²) in [7, 11) is 0. The summed E-state index contributed by atoms with van der Waals surface area (Å²) in [5.41, 5.74) is 0. The molecule has 0 aromatic rings. The van der Waals surface area contributed by atoms with Gasteiger partial charge in [0.05, 0.1) is 12.5 Å². The van der Waals surface area contributed by atoms with E-state index in [2.05, 4.69) is 20.8 Å². The molecule has 0 saturated carbocycles. The smallest absolute Gasteiger partial charge is 0.308 e. The Labute approximate surface area is 126 Å². The molecule has 0 bridgehead atoms. The predicted octanol–water partition coefficient (Wildman–Crippen LogP) is 5.74. The number of rotatable bonds is 13. The normalized spacial score (nSPS) is 12.7. The molecule has 1 unspecified atom stereocenters. The molecule has 0 aromatic heterocycles. The first-order valence-electron chi connectivity index (χ1n) is 8.76. The molecule has 0 heterocycles. The highest BCUT2D eigenvalue weighted by Gasteiger charge is 2.17. The maximum absolute atomic E-state index is 11.6. The molecule has 0 saturated heterocycles. The molecule has 120 valence electrons. The van der Waals surface area contributed by atoms with Crippen molar-refractivity contribution in [2.45, 2.75) is 91.9 Å². The van der Waals surface area contributed by atoms with Gasteiger partial charge in [-0.1, -0.05) is 85.5 Å². The van der Waals surface area contributed by atoms with Gasteiger partial charge >= 0.3 is 5.97 Å². The average Bonchev–Trinajstić information content (AvgIpc) is 2.43. The minimum absolute atomic E-state index is 0.0260. The lowest BCUT2D eigenvalue weighted by Crippen LogP contribution is -2.20. The Bertz CT molecular complexity index is 223. The molecule has 0 aliphatic carbocycles. The van der Waals surface area contributed by atoms with Gasteiger partial charge in [0.2, 0.25) is 0 Å². The van der Waals surface area contributed by atoms with E-state index in [9.17, 15) is 4.79 Å². The van der Waals surface area contributed by atoms with Crippen LogP contribution in [0.1, 0.15) is 91.9 Å². The van der Waals surface area contributed by atoms with Crippen LogP contribution in [0.3, 0.4) is 0 Å². The summed E-state index contributed by atoms with van der Waals surface area (Å²) in [6.07, 6.45) is 13.1. The fraction of sp³-hybridized carbons (Fsp3) is 0.944. The topological polar surface area (TPSA) is 26.3 Å². The summed E-state index contributed by atoms with van der Waals surface area (Å²) in [4.78, 5) is 11.6. The van der Waals surface area contributed by atoms with Gasteiger partial charge in [0, 0.05) is 0 Å². The number of unbranched alkanes of at least 4 members (excludes halogenated alkanes) is 9. The van der Waals surface area contributed by atoms with Crippen molar-refractivity contribution in [3.8, 4) is 0 Å². The Morgan fingerprint density at radius 1 is 0.800 bits per heavy atom. The Morgan fingerprint density at radius 3 is 1.70 bits per heavy atom. The molecule has 2 heteroatoms. The fourth-order valence-electron chi connectivity index (χ4n) is 2.17. The molecule has 0 radical (unpaired) electrons. The molecule has 0 aliphatic heterocycles. The van der Waals surface area contributed by atoms with Crippen molar-refractivity contribution in [1.29, 1.82) is 0 Å². The van der Waals surface area contributed by atoms with E-state index in [0.29, 0.717) is 12.5 Å². The van der Waals surface area contributed by atoms with Crippen LogP contribution in [0.25, 0.3) is 0 Å². The van der Waals surface area contributed by atoms with Gasteiger partial charge in [-0.2, -0.15) is 0 Å². The van der Waals surface area contributed by atoms with E-state index in [1.165, 1.54) is 57.8 Å². The van der Waals surface area contributed by atoms with E-state index < -0.39 is 0 Å². The number of hydrogen-bond acceptors (Lipinski definition) is 2. The van der Waals surface area contributed by atoms with Crippen molar-refractivity contribution in [3.63, 3.8) is 0 Å². The van der Waals surface area contributed by atoms with Gasteiger partial charge in [-0.25, -0.2) is 0 Å². The van der Waals surface area contributed by atoms with Gasteiger partial charge in [-0.15, -0.1) is 0 Å². The summed E-state index contributed by atoms with van der Waals surface area (Å²) in [6.45, 7) is 8.94. The Hall–Kier alpha value is -0.530. The first kappa shape index (κ1) is 19.5. The second kappa shape index (κ2) is 13.5. The third-order valence-electron chi connectivity index (χ3n) is 4.11. The summed E-state index contributed by atoms with van der Waals surface area (Å²) in [5.74, 6) is 0.365. The molecule has 0 aliphatic rings. The number of carbonyl (C=O) groups excluding carboxylic acids is 1. The van der Waals surface area contributed by atoms with E-state index in [1.807, 2.05) is 6.92 Å². The zero-order chi connectivity index (χ0) is 15.2. The lowest BCUT2D eigenvalue weighted by atomic mass is 9.99. The average molecular weight is 284 g/mol. The highest BCUT2D eigenvalue weighted by Crippen LogP contribution is 2.13. The van der Waals surface area contributed by atoms with Crippen molar-refractivity contribution >= 4 is 5.97 Å². The number of hydrogen-bond donors (Lipinski definition) is 0. The maximum Gasteiger partial charge on any atom is 0.308 e. The second-order valence-electron chi connectivity index (χ2n) is 6.38. The van der Waals surface area contributed by atoms with Gasteiger partial charge in [0.25, 0.3) is 0 Å². The lowest BCUT2D eigenvalue weighted by molar-refractivity contribution is -0.149. The van der Waals surface area contributed by atoms with Crippen molar-refractivity contribution in [1.82, 2.24) is 0 Å². The zero-order valence-electron chi connectivity index (χ0n) is 14.2. The van der Waals surface area contributed by atoms with E-state index in [-0.39, 0.29) is 11.9 Å². The Balaban J connectivity index is 3.23. The van der Waals surface area contributed by atoms with E-state index in [1.54, 1.807) is 0 Å². The molecule has 0 rings (SSSR count). The van der Waals surface area contributed by atoms with Crippen LogP contribution >= 0.6 is 0 Å². The summed E-state index contributed by atoms with van der Waals surface area (Å²) in [6, 6.07) is 0. The standard InChI is InChI=1S/C18H36O2/c1-5-6-7-8-9-10-11-12-13-14-15-20-18(19)17(4)16(2)3/h16-17H,5-15H2,1-4H3.